The minimum absolute atomic E-state index is 0.250. The van der Waals surface area contributed by atoms with Gasteiger partial charge in [-0.2, -0.15) is 0 Å². The molecule has 0 radical (unpaired) electrons. The van der Waals surface area contributed by atoms with Crippen molar-refractivity contribution in [2.24, 2.45) is 0 Å². The molecule has 21 heavy (non-hydrogen) atoms. The Hall–Kier alpha value is -2.70. The third-order valence-electron chi connectivity index (χ3n) is 2.55. The van der Waals surface area contributed by atoms with Crippen molar-refractivity contribution >= 4 is 23.9 Å². The number of likely N-dealkylation sites (N-methyl/N-ethyl adjacent to an activating group) is 1. The quantitative estimate of drug-likeness (QED) is 0.784. The van der Waals surface area contributed by atoms with Gasteiger partial charge < -0.3 is 15.3 Å². The Morgan fingerprint density at radius 2 is 2.00 bits per heavy atom. The fourth-order valence-electron chi connectivity index (χ4n) is 1.40. The van der Waals surface area contributed by atoms with Crippen LogP contribution in [0, 0.1) is 5.82 Å². The molecule has 0 fully saturated rings. The average molecular weight is 294 g/mol. The highest BCUT2D eigenvalue weighted by Gasteiger charge is 2.13. The minimum Gasteiger partial charge on any atom is -0.478 e. The van der Waals surface area contributed by atoms with Crippen LogP contribution in [0.3, 0.4) is 0 Å². The van der Waals surface area contributed by atoms with E-state index in [9.17, 15) is 18.8 Å². The predicted octanol–water partition coefficient (Wildman–Crippen LogP) is 0.741. The third kappa shape index (κ3) is 5.06. The molecular weight excluding hydrogens is 279 g/mol. The van der Waals surface area contributed by atoms with Gasteiger partial charge in [0.25, 0.3) is 5.91 Å². The van der Waals surface area contributed by atoms with Gasteiger partial charge in [-0.3, -0.25) is 9.59 Å². The monoisotopic (exact) mass is 294 g/mol. The number of benzene rings is 1. The van der Waals surface area contributed by atoms with E-state index >= 15 is 0 Å². The lowest BCUT2D eigenvalue weighted by molar-refractivity contribution is -0.131. The van der Waals surface area contributed by atoms with Crippen LogP contribution in [0.4, 0.5) is 4.39 Å². The summed E-state index contributed by atoms with van der Waals surface area (Å²) in [5.74, 6) is -2.97. The Morgan fingerprint density at radius 1 is 1.33 bits per heavy atom. The van der Waals surface area contributed by atoms with Crippen molar-refractivity contribution in [3.8, 4) is 0 Å². The van der Waals surface area contributed by atoms with Gasteiger partial charge in [0, 0.05) is 20.2 Å². The highest BCUT2D eigenvalue weighted by molar-refractivity contribution is 5.97. The Kier molecular flexibility index (Phi) is 5.59. The van der Waals surface area contributed by atoms with Crippen molar-refractivity contribution < 1.29 is 23.9 Å². The van der Waals surface area contributed by atoms with Crippen molar-refractivity contribution in [3.05, 3.63) is 41.2 Å². The maximum Gasteiger partial charge on any atom is 0.328 e. The average Bonchev–Trinajstić information content (AvgIpc) is 2.43. The number of carboxylic acid groups (broad SMARTS) is 1. The van der Waals surface area contributed by atoms with Crippen LogP contribution in [0.15, 0.2) is 24.3 Å². The summed E-state index contributed by atoms with van der Waals surface area (Å²) >= 11 is 0. The number of halogens is 1. The lowest BCUT2D eigenvalue weighted by atomic mass is 10.1. The molecule has 0 bridgehead atoms. The molecule has 6 nitrogen and oxygen atoms in total. The molecule has 1 rings (SSSR count). The van der Waals surface area contributed by atoms with Gasteiger partial charge >= 0.3 is 5.97 Å². The molecule has 7 heteroatoms. The van der Waals surface area contributed by atoms with Gasteiger partial charge in [-0.05, 0) is 23.8 Å². The zero-order chi connectivity index (χ0) is 16.0. The zero-order valence-electron chi connectivity index (χ0n) is 11.6. The van der Waals surface area contributed by atoms with Crippen LogP contribution in [-0.2, 0) is 9.59 Å². The standard InChI is InChI=1S/C14H15FN2O4/c1-17(2)12(18)8-16-14(21)10-7-9(3-5-11(10)15)4-6-13(19)20/h3-7H,8H2,1-2H3,(H,16,21)(H,19,20). The van der Waals surface area contributed by atoms with Crippen molar-refractivity contribution in [2.75, 3.05) is 20.6 Å². The smallest absolute Gasteiger partial charge is 0.328 e. The molecule has 0 aliphatic rings. The molecule has 0 spiro atoms. The summed E-state index contributed by atoms with van der Waals surface area (Å²) in [7, 11) is 3.07. The molecule has 0 heterocycles. The fourth-order valence-corrected chi connectivity index (χ4v) is 1.40. The molecule has 0 atom stereocenters. The molecule has 0 aliphatic heterocycles. The first-order valence-corrected chi connectivity index (χ1v) is 6.00. The molecule has 0 saturated heterocycles. The zero-order valence-corrected chi connectivity index (χ0v) is 11.6. The summed E-state index contributed by atoms with van der Waals surface area (Å²) in [5, 5.41) is 10.8. The van der Waals surface area contributed by atoms with E-state index in [0.29, 0.717) is 5.56 Å². The minimum atomic E-state index is -1.15. The highest BCUT2D eigenvalue weighted by Crippen LogP contribution is 2.12. The van der Waals surface area contributed by atoms with Gasteiger partial charge in [0.1, 0.15) is 5.82 Å². The van der Waals surface area contributed by atoms with Gasteiger partial charge in [-0.25, -0.2) is 9.18 Å². The largest absolute Gasteiger partial charge is 0.478 e. The SMILES string of the molecule is CN(C)C(=O)CNC(=O)c1cc(C=CC(=O)O)ccc1F. The number of amides is 2. The number of nitrogens with one attached hydrogen (secondary N) is 1. The molecule has 1 aromatic rings. The summed E-state index contributed by atoms with van der Waals surface area (Å²) in [6.07, 6.45) is 2.12. The number of nitrogens with zero attached hydrogens (tertiary/aromatic N) is 1. The van der Waals surface area contributed by atoms with Gasteiger partial charge in [0.05, 0.1) is 12.1 Å². The van der Waals surface area contributed by atoms with E-state index in [2.05, 4.69) is 5.32 Å². The van der Waals surface area contributed by atoms with E-state index in [1.807, 2.05) is 0 Å². The van der Waals surface area contributed by atoms with Gasteiger partial charge in [-0.1, -0.05) is 6.07 Å². The molecule has 0 unspecified atom stereocenters. The number of hydrogen-bond acceptors (Lipinski definition) is 3. The molecule has 1 aromatic carbocycles. The van der Waals surface area contributed by atoms with E-state index in [1.54, 1.807) is 0 Å². The molecule has 2 amide bonds. The van der Waals surface area contributed by atoms with Crippen molar-refractivity contribution in [3.63, 3.8) is 0 Å². The number of hydrogen-bond donors (Lipinski definition) is 2. The Balaban J connectivity index is 2.86. The van der Waals surface area contributed by atoms with Crippen LogP contribution < -0.4 is 5.32 Å². The van der Waals surface area contributed by atoms with Crippen LogP contribution in [0.25, 0.3) is 6.08 Å². The molecule has 0 aromatic heterocycles. The van der Waals surface area contributed by atoms with E-state index in [4.69, 9.17) is 5.11 Å². The van der Waals surface area contributed by atoms with Crippen LogP contribution in [-0.4, -0.2) is 48.4 Å². The van der Waals surface area contributed by atoms with Gasteiger partial charge in [-0.15, -0.1) is 0 Å². The molecule has 2 N–H and O–H groups in total. The second kappa shape index (κ2) is 7.18. The van der Waals surface area contributed by atoms with Crippen molar-refractivity contribution in [1.29, 1.82) is 0 Å². The first-order valence-electron chi connectivity index (χ1n) is 6.00. The van der Waals surface area contributed by atoms with Crippen molar-refractivity contribution in [1.82, 2.24) is 10.2 Å². The van der Waals surface area contributed by atoms with Crippen LogP contribution >= 0.6 is 0 Å². The first-order chi connectivity index (χ1) is 9.81. The number of carbonyl (C=O) groups excluding carboxylic acids is 2. The van der Waals surface area contributed by atoms with Crippen molar-refractivity contribution in [2.45, 2.75) is 0 Å². The normalized spacial score (nSPS) is 10.4. The summed E-state index contributed by atoms with van der Waals surface area (Å²) in [4.78, 5) is 34.9. The van der Waals surface area contributed by atoms with E-state index in [-0.39, 0.29) is 18.0 Å². The maximum atomic E-state index is 13.6. The maximum absolute atomic E-state index is 13.6. The fraction of sp³-hybridized carbons (Fsp3) is 0.214. The van der Waals surface area contributed by atoms with Crippen LogP contribution in [0.2, 0.25) is 0 Å². The molecule has 0 saturated carbocycles. The predicted molar refractivity (Wildman–Crippen MR) is 74.1 cm³/mol. The van der Waals surface area contributed by atoms with E-state index in [0.717, 1.165) is 12.1 Å². The first kappa shape index (κ1) is 16.4. The lowest BCUT2D eigenvalue weighted by Gasteiger charge is -2.11. The second-order valence-electron chi connectivity index (χ2n) is 4.38. The summed E-state index contributed by atoms with van der Waals surface area (Å²) in [6, 6.07) is 3.62. The molecule has 0 aliphatic carbocycles. The number of rotatable bonds is 5. The molecule has 112 valence electrons. The van der Waals surface area contributed by atoms with Crippen LogP contribution in [0.1, 0.15) is 15.9 Å². The van der Waals surface area contributed by atoms with Crippen LogP contribution in [0.5, 0.6) is 0 Å². The van der Waals surface area contributed by atoms with E-state index in [1.165, 1.54) is 37.2 Å². The third-order valence-corrected chi connectivity index (χ3v) is 2.55. The summed E-state index contributed by atoms with van der Waals surface area (Å²) < 4.78 is 13.6. The summed E-state index contributed by atoms with van der Waals surface area (Å²) in [5.41, 5.74) is 0.108. The topological polar surface area (TPSA) is 86.7 Å². The number of carboxylic acids is 1. The number of aliphatic carboxylic acids is 1. The summed E-state index contributed by atoms with van der Waals surface area (Å²) in [6.45, 7) is -0.250. The Morgan fingerprint density at radius 3 is 2.57 bits per heavy atom. The van der Waals surface area contributed by atoms with Gasteiger partial charge in [0.15, 0.2) is 0 Å². The molecular formula is C14H15FN2O4. The Bertz CT molecular complexity index is 597. The number of carbonyl (C=O) groups is 3. The van der Waals surface area contributed by atoms with E-state index < -0.39 is 17.7 Å². The second-order valence-corrected chi connectivity index (χ2v) is 4.38. The highest BCUT2D eigenvalue weighted by atomic mass is 19.1. The Labute approximate surface area is 120 Å². The van der Waals surface area contributed by atoms with Gasteiger partial charge in [0.2, 0.25) is 5.91 Å². The lowest BCUT2D eigenvalue weighted by Crippen LogP contribution is -2.36.